The van der Waals surface area contributed by atoms with Crippen LogP contribution in [0.1, 0.15) is 43.6 Å². The number of carbonyl (C=O) groups excluding carboxylic acids is 1. The minimum Gasteiger partial charge on any atom is -0.493 e. The smallest absolute Gasteiger partial charge is 0.306 e. The van der Waals surface area contributed by atoms with Crippen LogP contribution in [-0.4, -0.2) is 53.6 Å². The molecule has 3 aromatic carbocycles. The van der Waals surface area contributed by atoms with E-state index in [4.69, 9.17) is 19.2 Å². The highest BCUT2D eigenvalue weighted by Crippen LogP contribution is 2.45. The van der Waals surface area contributed by atoms with Crippen molar-refractivity contribution in [2.45, 2.75) is 43.4 Å². The summed E-state index contributed by atoms with van der Waals surface area (Å²) >= 11 is 0. The Hall–Kier alpha value is -4.85. The zero-order valence-corrected chi connectivity index (χ0v) is 26.8. The van der Waals surface area contributed by atoms with E-state index in [9.17, 15) is 17.6 Å². The average molecular weight is 669 g/mol. The third-order valence-electron chi connectivity index (χ3n) is 8.28. The van der Waals surface area contributed by atoms with Gasteiger partial charge in [0.25, 0.3) is 0 Å². The number of hydrogen-bond acceptors (Lipinski definition) is 8. The minimum atomic E-state index is -4.11. The Morgan fingerprint density at radius 3 is 2.68 bits per heavy atom. The molecule has 246 valence electrons. The number of rotatable bonds is 9. The van der Waals surface area contributed by atoms with E-state index >= 15 is 8.78 Å². The molecule has 3 heterocycles. The molecule has 0 aliphatic carbocycles. The van der Waals surface area contributed by atoms with Gasteiger partial charge in [0.1, 0.15) is 22.2 Å². The lowest BCUT2D eigenvalue weighted by Gasteiger charge is -2.34. The van der Waals surface area contributed by atoms with Crippen LogP contribution in [0.2, 0.25) is 0 Å². The molecule has 47 heavy (non-hydrogen) atoms. The monoisotopic (exact) mass is 668 g/mol. The summed E-state index contributed by atoms with van der Waals surface area (Å²) in [5.74, 6) is -3.70. The molecule has 0 spiro atoms. The largest absolute Gasteiger partial charge is 0.493 e. The average Bonchev–Trinajstić information content (AvgIpc) is 3.67. The number of aromatic amines is 1. The number of ether oxygens (including phenoxy) is 3. The van der Waals surface area contributed by atoms with Crippen LogP contribution in [0.3, 0.4) is 0 Å². The number of para-hydroxylation sites is 1. The van der Waals surface area contributed by atoms with Crippen LogP contribution in [0.15, 0.2) is 53.6 Å². The second kappa shape index (κ2) is 12.1. The van der Waals surface area contributed by atoms with Gasteiger partial charge in [0, 0.05) is 36.9 Å². The Kier molecular flexibility index (Phi) is 8.24. The highest BCUT2D eigenvalue weighted by molar-refractivity contribution is 7.91. The Balaban J connectivity index is 1.38. The van der Waals surface area contributed by atoms with E-state index < -0.39 is 43.3 Å². The van der Waals surface area contributed by atoms with Gasteiger partial charge in [0.2, 0.25) is 5.82 Å². The van der Waals surface area contributed by atoms with Crippen LogP contribution in [0, 0.1) is 17.5 Å². The standard InChI is InChI=1S/C33H31F3N4O6S/c1-5-44-24(41)12-9-18-7-6-8-22-28(18)45-16-14-33(22,2)32-38-31(40(3)39-32)21-17-19(10-11-23(21)34)46-29-26(36)25(35)27-20(13-15-37-27)30(29)47(4,42)43/h6-8,10-11,13,15,17,37H,5,9,12,14,16H2,1-4H3/t33-/m0/s1. The van der Waals surface area contributed by atoms with Crippen molar-refractivity contribution in [2.24, 2.45) is 7.05 Å². The molecular weight excluding hydrogens is 637 g/mol. The van der Waals surface area contributed by atoms with Gasteiger partial charge >= 0.3 is 5.97 Å². The first kappa shape index (κ1) is 32.1. The molecule has 1 aliphatic heterocycles. The summed E-state index contributed by atoms with van der Waals surface area (Å²) in [5.41, 5.74) is 0.517. The van der Waals surface area contributed by atoms with Gasteiger partial charge in [-0.1, -0.05) is 18.2 Å². The highest BCUT2D eigenvalue weighted by atomic mass is 32.2. The maximum atomic E-state index is 15.4. The summed E-state index contributed by atoms with van der Waals surface area (Å²) in [6.45, 7) is 4.35. The lowest BCUT2D eigenvalue weighted by Crippen LogP contribution is -2.33. The van der Waals surface area contributed by atoms with Crippen LogP contribution in [0.4, 0.5) is 13.2 Å². The number of carbonyl (C=O) groups is 1. The third kappa shape index (κ3) is 5.70. The molecule has 10 nitrogen and oxygen atoms in total. The number of esters is 1. The van der Waals surface area contributed by atoms with E-state index in [1.807, 2.05) is 25.1 Å². The first-order valence-electron chi connectivity index (χ1n) is 14.8. The van der Waals surface area contributed by atoms with Gasteiger partial charge in [-0.15, -0.1) is 0 Å². The third-order valence-corrected chi connectivity index (χ3v) is 9.43. The van der Waals surface area contributed by atoms with Gasteiger partial charge in [0.05, 0.1) is 29.7 Å². The van der Waals surface area contributed by atoms with Crippen LogP contribution >= 0.6 is 0 Å². The maximum Gasteiger partial charge on any atom is 0.306 e. The molecule has 0 radical (unpaired) electrons. The quantitative estimate of drug-likeness (QED) is 0.146. The Bertz CT molecular complexity index is 2150. The number of H-pyrrole nitrogens is 1. The van der Waals surface area contributed by atoms with E-state index in [2.05, 4.69) is 10.1 Å². The summed E-state index contributed by atoms with van der Waals surface area (Å²) in [5, 5.41) is 4.55. The van der Waals surface area contributed by atoms with Crippen molar-refractivity contribution >= 4 is 26.7 Å². The van der Waals surface area contributed by atoms with Crippen LogP contribution in [0.25, 0.3) is 22.3 Å². The highest BCUT2D eigenvalue weighted by Gasteiger charge is 2.40. The lowest BCUT2D eigenvalue weighted by atomic mass is 9.76. The second-order valence-corrected chi connectivity index (χ2v) is 13.4. The fourth-order valence-electron chi connectivity index (χ4n) is 5.92. The molecule has 1 N–H and O–H groups in total. The molecular formula is C33H31F3N4O6S. The van der Waals surface area contributed by atoms with Crippen molar-refractivity contribution in [3.63, 3.8) is 0 Å². The number of aryl methyl sites for hydroxylation is 2. The summed E-state index contributed by atoms with van der Waals surface area (Å²) in [6, 6.07) is 10.4. The first-order valence-corrected chi connectivity index (χ1v) is 16.7. The molecule has 0 saturated heterocycles. The van der Waals surface area contributed by atoms with E-state index in [0.717, 1.165) is 23.4 Å². The molecule has 1 aliphatic rings. The molecule has 0 fully saturated rings. The van der Waals surface area contributed by atoms with Crippen molar-refractivity contribution in [1.29, 1.82) is 0 Å². The van der Waals surface area contributed by atoms with Gasteiger partial charge in [-0.2, -0.15) is 9.49 Å². The van der Waals surface area contributed by atoms with Gasteiger partial charge in [-0.05, 0) is 56.5 Å². The van der Waals surface area contributed by atoms with Crippen LogP contribution in [0.5, 0.6) is 17.2 Å². The van der Waals surface area contributed by atoms with Gasteiger partial charge in [-0.25, -0.2) is 26.9 Å². The molecule has 2 aromatic heterocycles. The first-order chi connectivity index (χ1) is 22.3. The lowest BCUT2D eigenvalue weighted by molar-refractivity contribution is -0.143. The molecule has 0 saturated carbocycles. The van der Waals surface area contributed by atoms with Crippen molar-refractivity contribution in [3.05, 3.63) is 83.1 Å². The summed E-state index contributed by atoms with van der Waals surface area (Å²) in [6.07, 6.45) is 3.26. The number of halogens is 3. The topological polar surface area (TPSA) is 125 Å². The molecule has 1 atom stereocenters. The van der Waals surface area contributed by atoms with Gasteiger partial charge in [0.15, 0.2) is 33.1 Å². The molecule has 14 heteroatoms. The number of nitrogens with one attached hydrogen (secondary N) is 1. The fraction of sp³-hybridized carbons (Fsp3) is 0.303. The Morgan fingerprint density at radius 1 is 1.15 bits per heavy atom. The number of hydrogen-bond donors (Lipinski definition) is 1. The fourth-order valence-corrected chi connectivity index (χ4v) is 6.96. The molecule has 0 bridgehead atoms. The number of aromatic nitrogens is 4. The van der Waals surface area contributed by atoms with E-state index in [1.165, 1.54) is 29.1 Å². The maximum absolute atomic E-state index is 15.4. The summed E-state index contributed by atoms with van der Waals surface area (Å²) in [4.78, 5) is 18.7. The summed E-state index contributed by atoms with van der Waals surface area (Å²) < 4.78 is 89.1. The number of fused-ring (bicyclic) bond motifs is 2. The number of nitrogens with zero attached hydrogens (tertiary/aromatic N) is 3. The molecule has 6 rings (SSSR count). The Morgan fingerprint density at radius 2 is 1.94 bits per heavy atom. The van der Waals surface area contributed by atoms with E-state index in [-0.39, 0.29) is 40.4 Å². The van der Waals surface area contributed by atoms with Crippen molar-refractivity contribution in [3.8, 4) is 28.6 Å². The van der Waals surface area contributed by atoms with Crippen LogP contribution < -0.4 is 9.47 Å². The number of sulfone groups is 1. The normalized spacial score (nSPS) is 16.1. The predicted molar refractivity (Wildman–Crippen MR) is 166 cm³/mol. The van der Waals surface area contributed by atoms with Crippen molar-refractivity contribution < 1.29 is 40.6 Å². The summed E-state index contributed by atoms with van der Waals surface area (Å²) in [7, 11) is -2.51. The number of benzene rings is 3. The molecule has 0 amide bonds. The van der Waals surface area contributed by atoms with Crippen molar-refractivity contribution in [1.82, 2.24) is 19.7 Å². The zero-order valence-electron chi connectivity index (χ0n) is 26.0. The Labute approximate surface area is 268 Å². The second-order valence-electron chi connectivity index (χ2n) is 11.5. The molecule has 5 aromatic rings. The van der Waals surface area contributed by atoms with Crippen molar-refractivity contribution in [2.75, 3.05) is 19.5 Å². The minimum absolute atomic E-state index is 0.0627. The molecule has 0 unspecified atom stereocenters. The van der Waals surface area contributed by atoms with E-state index in [0.29, 0.717) is 37.6 Å². The van der Waals surface area contributed by atoms with Gasteiger partial charge < -0.3 is 19.2 Å². The van der Waals surface area contributed by atoms with E-state index in [1.54, 1.807) is 14.0 Å². The SMILES string of the molecule is CCOC(=O)CCc1cccc2c1OCC[C@]2(C)c1nc(-c2cc(Oc3c(F)c(F)c4[nH]ccc4c3S(C)(=O)=O)ccc2F)n(C)n1. The van der Waals surface area contributed by atoms with Crippen LogP contribution in [-0.2, 0) is 38.3 Å². The zero-order chi connectivity index (χ0) is 33.7. The predicted octanol–water partition coefficient (Wildman–Crippen LogP) is 6.16. The van der Waals surface area contributed by atoms with Gasteiger partial charge in [-0.3, -0.25) is 4.79 Å².